The van der Waals surface area contributed by atoms with Gasteiger partial charge in [-0.1, -0.05) is 0 Å². The molecule has 0 aromatic carbocycles. The van der Waals surface area contributed by atoms with Crippen molar-refractivity contribution in [2.45, 2.75) is 45.3 Å². The zero-order valence-corrected chi connectivity index (χ0v) is 11.4. The third kappa shape index (κ3) is 3.11. The van der Waals surface area contributed by atoms with E-state index < -0.39 is 0 Å². The number of halogens is 1. The van der Waals surface area contributed by atoms with Gasteiger partial charge >= 0.3 is 0 Å². The van der Waals surface area contributed by atoms with Gasteiger partial charge in [0.2, 0.25) is 0 Å². The third-order valence-electron chi connectivity index (χ3n) is 2.05. The number of pyridine rings is 1. The molecule has 1 heterocycles. The Bertz CT molecular complexity index is 383. The molecule has 0 saturated heterocycles. The van der Waals surface area contributed by atoms with Crippen LogP contribution in [0.5, 0.6) is 11.5 Å². The highest BCUT2D eigenvalue weighted by Gasteiger charge is 2.27. The van der Waals surface area contributed by atoms with Gasteiger partial charge in [-0.3, -0.25) is 4.98 Å². The highest BCUT2D eigenvalue weighted by Crippen LogP contribution is 2.39. The van der Waals surface area contributed by atoms with Crippen LogP contribution in [0.15, 0.2) is 16.9 Å². The Balaban J connectivity index is 2.24. The summed E-state index contributed by atoms with van der Waals surface area (Å²) in [6.45, 7) is 6.03. The lowest BCUT2D eigenvalue weighted by Crippen LogP contribution is -2.23. The average molecular weight is 286 g/mol. The number of ether oxygens (including phenoxy) is 2. The quantitative estimate of drug-likeness (QED) is 0.851. The lowest BCUT2D eigenvalue weighted by Gasteiger charge is -2.23. The van der Waals surface area contributed by atoms with E-state index in [2.05, 4.69) is 20.9 Å². The van der Waals surface area contributed by atoms with Gasteiger partial charge in [-0.15, -0.1) is 0 Å². The normalized spacial score (nSPS) is 16.0. The van der Waals surface area contributed by atoms with Gasteiger partial charge in [0.05, 0.1) is 16.8 Å². The molecule has 0 unspecified atom stereocenters. The molecule has 0 amide bonds. The molecular weight excluding hydrogens is 270 g/mol. The third-order valence-corrected chi connectivity index (χ3v) is 2.61. The second kappa shape index (κ2) is 4.24. The molecule has 1 aliphatic rings. The van der Waals surface area contributed by atoms with Gasteiger partial charge in [-0.05, 0) is 49.5 Å². The van der Waals surface area contributed by atoms with E-state index in [1.54, 1.807) is 12.4 Å². The molecular formula is C12H16BrNO2. The molecule has 2 rings (SSSR count). The Hall–Kier alpha value is -0.770. The SMILES string of the molecule is CC(C)(C)Oc1cncc(Br)c1OC1CC1. The fourth-order valence-electron chi connectivity index (χ4n) is 1.27. The topological polar surface area (TPSA) is 31.4 Å². The van der Waals surface area contributed by atoms with Gasteiger partial charge in [-0.25, -0.2) is 0 Å². The molecule has 0 atom stereocenters. The molecule has 4 heteroatoms. The van der Waals surface area contributed by atoms with Crippen molar-refractivity contribution in [2.75, 3.05) is 0 Å². The zero-order valence-electron chi connectivity index (χ0n) is 9.79. The van der Waals surface area contributed by atoms with Crippen LogP contribution in [0.1, 0.15) is 33.6 Å². The van der Waals surface area contributed by atoms with Crippen LogP contribution in [0.4, 0.5) is 0 Å². The van der Waals surface area contributed by atoms with Crippen molar-refractivity contribution >= 4 is 15.9 Å². The Morgan fingerprint density at radius 3 is 2.56 bits per heavy atom. The molecule has 1 saturated carbocycles. The van der Waals surface area contributed by atoms with Crippen molar-refractivity contribution in [3.05, 3.63) is 16.9 Å². The van der Waals surface area contributed by atoms with E-state index in [1.165, 1.54) is 0 Å². The number of nitrogens with zero attached hydrogens (tertiary/aromatic N) is 1. The maximum Gasteiger partial charge on any atom is 0.181 e. The number of hydrogen-bond donors (Lipinski definition) is 0. The lowest BCUT2D eigenvalue weighted by atomic mass is 10.2. The first-order valence-electron chi connectivity index (χ1n) is 5.45. The summed E-state index contributed by atoms with van der Waals surface area (Å²) in [5, 5.41) is 0. The van der Waals surface area contributed by atoms with Crippen molar-refractivity contribution in [1.82, 2.24) is 4.98 Å². The van der Waals surface area contributed by atoms with Crippen LogP contribution >= 0.6 is 15.9 Å². The molecule has 0 aliphatic heterocycles. The Kier molecular flexibility index (Phi) is 3.10. The van der Waals surface area contributed by atoms with Gasteiger partial charge in [0.15, 0.2) is 11.5 Å². The molecule has 3 nitrogen and oxygen atoms in total. The maximum atomic E-state index is 5.82. The van der Waals surface area contributed by atoms with Crippen LogP contribution in [0.3, 0.4) is 0 Å². The van der Waals surface area contributed by atoms with E-state index in [0.717, 1.165) is 23.1 Å². The van der Waals surface area contributed by atoms with Crippen molar-refractivity contribution < 1.29 is 9.47 Å². The van der Waals surface area contributed by atoms with Crippen LogP contribution in [-0.4, -0.2) is 16.7 Å². The van der Waals surface area contributed by atoms with Gasteiger partial charge in [0.25, 0.3) is 0 Å². The molecule has 16 heavy (non-hydrogen) atoms. The van der Waals surface area contributed by atoms with E-state index in [0.29, 0.717) is 11.9 Å². The molecule has 0 bridgehead atoms. The summed E-state index contributed by atoms with van der Waals surface area (Å²) in [5.74, 6) is 1.47. The summed E-state index contributed by atoms with van der Waals surface area (Å²) in [6.07, 6.45) is 6.04. The highest BCUT2D eigenvalue weighted by molar-refractivity contribution is 9.10. The van der Waals surface area contributed by atoms with Crippen molar-refractivity contribution in [1.29, 1.82) is 0 Å². The van der Waals surface area contributed by atoms with Gasteiger partial charge < -0.3 is 9.47 Å². The number of rotatable bonds is 3. The van der Waals surface area contributed by atoms with Crippen molar-refractivity contribution in [3.8, 4) is 11.5 Å². The Morgan fingerprint density at radius 1 is 1.31 bits per heavy atom. The maximum absolute atomic E-state index is 5.82. The summed E-state index contributed by atoms with van der Waals surface area (Å²) in [7, 11) is 0. The molecule has 1 fully saturated rings. The minimum absolute atomic E-state index is 0.246. The van der Waals surface area contributed by atoms with Crippen LogP contribution in [0.2, 0.25) is 0 Å². The molecule has 1 aromatic rings. The lowest BCUT2D eigenvalue weighted by molar-refractivity contribution is 0.121. The van der Waals surface area contributed by atoms with Crippen LogP contribution in [-0.2, 0) is 0 Å². The second-order valence-electron chi connectivity index (χ2n) is 4.98. The van der Waals surface area contributed by atoms with Gasteiger partial charge in [-0.2, -0.15) is 0 Å². The van der Waals surface area contributed by atoms with Crippen molar-refractivity contribution in [3.63, 3.8) is 0 Å². The zero-order chi connectivity index (χ0) is 11.8. The first-order chi connectivity index (χ1) is 7.46. The Labute approximate surface area is 104 Å². The molecule has 88 valence electrons. The van der Waals surface area contributed by atoms with E-state index >= 15 is 0 Å². The highest BCUT2D eigenvalue weighted by atomic mass is 79.9. The summed E-state index contributed by atoms with van der Waals surface area (Å²) in [6, 6.07) is 0. The second-order valence-corrected chi connectivity index (χ2v) is 5.83. The first-order valence-corrected chi connectivity index (χ1v) is 6.24. The van der Waals surface area contributed by atoms with Crippen molar-refractivity contribution in [2.24, 2.45) is 0 Å². The number of hydrogen-bond acceptors (Lipinski definition) is 3. The average Bonchev–Trinajstić information content (AvgIpc) is 2.92. The number of aromatic nitrogens is 1. The fraction of sp³-hybridized carbons (Fsp3) is 0.583. The monoisotopic (exact) mass is 285 g/mol. The van der Waals surface area contributed by atoms with E-state index in [-0.39, 0.29) is 5.60 Å². The van der Waals surface area contributed by atoms with E-state index in [4.69, 9.17) is 9.47 Å². The standard InChI is InChI=1S/C12H16BrNO2/c1-12(2,3)16-10-7-14-6-9(13)11(10)15-8-4-5-8/h6-8H,4-5H2,1-3H3. The molecule has 0 N–H and O–H groups in total. The smallest absolute Gasteiger partial charge is 0.181 e. The minimum atomic E-state index is -0.246. The van der Waals surface area contributed by atoms with Crippen LogP contribution in [0.25, 0.3) is 0 Å². The largest absolute Gasteiger partial charge is 0.485 e. The summed E-state index contributed by atoms with van der Waals surface area (Å²) >= 11 is 3.44. The summed E-state index contributed by atoms with van der Waals surface area (Å²) in [4.78, 5) is 4.10. The summed E-state index contributed by atoms with van der Waals surface area (Å²) in [5.41, 5.74) is -0.246. The molecule has 0 spiro atoms. The first kappa shape index (κ1) is 11.7. The molecule has 1 aliphatic carbocycles. The van der Waals surface area contributed by atoms with Crippen LogP contribution < -0.4 is 9.47 Å². The fourth-order valence-corrected chi connectivity index (χ4v) is 1.68. The summed E-state index contributed by atoms with van der Waals surface area (Å²) < 4.78 is 12.5. The minimum Gasteiger partial charge on any atom is -0.485 e. The van der Waals surface area contributed by atoms with Gasteiger partial charge in [0.1, 0.15) is 5.60 Å². The van der Waals surface area contributed by atoms with Crippen LogP contribution in [0, 0.1) is 0 Å². The van der Waals surface area contributed by atoms with E-state index in [9.17, 15) is 0 Å². The van der Waals surface area contributed by atoms with Gasteiger partial charge in [0, 0.05) is 6.20 Å². The Morgan fingerprint density at radius 2 is 2.00 bits per heavy atom. The molecule has 1 aromatic heterocycles. The van der Waals surface area contributed by atoms with E-state index in [1.807, 2.05) is 20.8 Å². The predicted molar refractivity (Wildman–Crippen MR) is 66.0 cm³/mol. The predicted octanol–water partition coefficient (Wildman–Crippen LogP) is 3.56. The molecule has 0 radical (unpaired) electrons.